The minimum atomic E-state index is -2.92. The monoisotopic (exact) mass is 446 g/mol. The van der Waals surface area contributed by atoms with Gasteiger partial charge in [-0.15, -0.1) is 24.0 Å². The number of sulfone groups is 1. The van der Waals surface area contributed by atoms with Gasteiger partial charge in [0.1, 0.15) is 9.84 Å². The number of amides is 1. The maximum absolute atomic E-state index is 11.3. The first-order valence-corrected chi connectivity index (χ1v) is 9.36. The van der Waals surface area contributed by atoms with Gasteiger partial charge in [-0.25, -0.2) is 8.42 Å². The summed E-state index contributed by atoms with van der Waals surface area (Å²) in [5.74, 6) is 1.06. The zero-order chi connectivity index (χ0) is 15.9. The number of nitrogens with zero attached hydrogens (tertiary/aromatic N) is 3. The molecule has 1 N–H and O–H groups in total. The molecule has 0 aromatic rings. The average molecular weight is 446 g/mol. The number of piperazine rings is 1. The van der Waals surface area contributed by atoms with Crippen LogP contribution in [0.15, 0.2) is 4.99 Å². The number of nitrogens with one attached hydrogen (secondary N) is 1. The van der Waals surface area contributed by atoms with Crippen molar-refractivity contribution in [3.8, 4) is 0 Å². The third-order valence-electron chi connectivity index (χ3n) is 3.29. The van der Waals surface area contributed by atoms with E-state index in [1.807, 2.05) is 11.8 Å². The molecule has 130 valence electrons. The van der Waals surface area contributed by atoms with E-state index in [9.17, 15) is 13.2 Å². The summed E-state index contributed by atoms with van der Waals surface area (Å²) in [6.45, 7) is 7.72. The minimum absolute atomic E-state index is 0. The van der Waals surface area contributed by atoms with Crippen molar-refractivity contribution >= 4 is 45.7 Å². The minimum Gasteiger partial charge on any atom is -0.357 e. The van der Waals surface area contributed by atoms with Crippen LogP contribution in [0.25, 0.3) is 0 Å². The van der Waals surface area contributed by atoms with Gasteiger partial charge in [-0.05, 0) is 13.3 Å². The van der Waals surface area contributed by atoms with Crippen LogP contribution in [0.2, 0.25) is 0 Å². The molecule has 1 rings (SSSR count). The van der Waals surface area contributed by atoms with Crippen LogP contribution in [0.3, 0.4) is 0 Å². The molecule has 1 heterocycles. The van der Waals surface area contributed by atoms with Gasteiger partial charge >= 0.3 is 0 Å². The molecule has 0 bridgehead atoms. The van der Waals surface area contributed by atoms with Crippen LogP contribution in [-0.4, -0.2) is 81.4 Å². The van der Waals surface area contributed by atoms with Crippen LogP contribution in [0.5, 0.6) is 0 Å². The number of carbonyl (C=O) groups is 1. The normalized spacial score (nSPS) is 16.2. The fraction of sp³-hybridized carbons (Fsp3) is 0.846. The summed E-state index contributed by atoms with van der Waals surface area (Å²) < 4.78 is 22.2. The van der Waals surface area contributed by atoms with E-state index in [-0.39, 0.29) is 35.6 Å². The van der Waals surface area contributed by atoms with Crippen molar-refractivity contribution in [1.82, 2.24) is 15.1 Å². The third kappa shape index (κ3) is 8.16. The Hall–Kier alpha value is -0.580. The molecule has 0 aromatic carbocycles. The van der Waals surface area contributed by atoms with Crippen LogP contribution in [0.1, 0.15) is 20.3 Å². The summed E-state index contributed by atoms with van der Waals surface area (Å²) in [4.78, 5) is 19.7. The number of carbonyl (C=O) groups excluding carboxylic acids is 1. The van der Waals surface area contributed by atoms with Gasteiger partial charge in [0.15, 0.2) is 5.96 Å². The molecular weight excluding hydrogens is 419 g/mol. The molecule has 0 aliphatic carbocycles. The van der Waals surface area contributed by atoms with E-state index < -0.39 is 9.84 Å². The van der Waals surface area contributed by atoms with Crippen molar-refractivity contribution in [2.24, 2.45) is 4.99 Å². The highest BCUT2D eigenvalue weighted by molar-refractivity contribution is 14.0. The largest absolute Gasteiger partial charge is 0.357 e. The van der Waals surface area contributed by atoms with E-state index in [1.165, 1.54) is 6.26 Å². The van der Waals surface area contributed by atoms with Crippen LogP contribution in [0.4, 0.5) is 0 Å². The summed E-state index contributed by atoms with van der Waals surface area (Å²) in [5, 5.41) is 3.22. The molecule has 0 atom stereocenters. The van der Waals surface area contributed by atoms with Crippen molar-refractivity contribution in [3.63, 3.8) is 0 Å². The molecule has 0 spiro atoms. The summed E-state index contributed by atoms with van der Waals surface area (Å²) in [7, 11) is -2.92. The quantitative estimate of drug-likeness (QED) is 0.282. The van der Waals surface area contributed by atoms with Gasteiger partial charge < -0.3 is 15.1 Å². The molecule has 0 aromatic heterocycles. The van der Waals surface area contributed by atoms with E-state index in [1.54, 1.807) is 6.92 Å². The number of hydrogen-bond acceptors (Lipinski definition) is 4. The van der Waals surface area contributed by atoms with Crippen LogP contribution >= 0.6 is 24.0 Å². The summed E-state index contributed by atoms with van der Waals surface area (Å²) in [6.07, 6.45) is 1.77. The Bertz CT molecular complexity index is 474. The number of guanidine groups is 1. The summed E-state index contributed by atoms with van der Waals surface area (Å²) in [5.41, 5.74) is 0. The number of rotatable bonds is 5. The predicted octanol–water partition coefficient (Wildman–Crippen LogP) is 0.169. The Morgan fingerprint density at radius 1 is 1.18 bits per heavy atom. The Morgan fingerprint density at radius 2 is 1.73 bits per heavy atom. The third-order valence-corrected chi connectivity index (χ3v) is 4.32. The molecule has 1 aliphatic rings. The molecule has 9 heteroatoms. The molecule has 0 unspecified atom stereocenters. The van der Waals surface area contributed by atoms with Crippen LogP contribution in [-0.2, 0) is 14.6 Å². The van der Waals surface area contributed by atoms with Gasteiger partial charge in [-0.3, -0.25) is 9.79 Å². The van der Waals surface area contributed by atoms with Gasteiger partial charge in [0.05, 0.1) is 5.75 Å². The van der Waals surface area contributed by atoms with Crippen molar-refractivity contribution in [2.45, 2.75) is 20.3 Å². The van der Waals surface area contributed by atoms with E-state index >= 15 is 0 Å². The first-order valence-electron chi connectivity index (χ1n) is 7.30. The molecule has 0 saturated carbocycles. The van der Waals surface area contributed by atoms with E-state index in [0.717, 1.165) is 25.6 Å². The summed E-state index contributed by atoms with van der Waals surface area (Å²) >= 11 is 0. The van der Waals surface area contributed by atoms with Crippen molar-refractivity contribution in [2.75, 3.05) is 51.3 Å². The maximum atomic E-state index is 11.3. The van der Waals surface area contributed by atoms with Crippen LogP contribution < -0.4 is 5.32 Å². The highest BCUT2D eigenvalue weighted by atomic mass is 127. The summed E-state index contributed by atoms with van der Waals surface area (Å²) in [6, 6.07) is 0. The molecule has 22 heavy (non-hydrogen) atoms. The zero-order valence-electron chi connectivity index (χ0n) is 13.5. The van der Waals surface area contributed by atoms with Gasteiger partial charge in [-0.2, -0.15) is 0 Å². The molecule has 1 saturated heterocycles. The fourth-order valence-electron chi connectivity index (χ4n) is 2.17. The van der Waals surface area contributed by atoms with Crippen molar-refractivity contribution in [3.05, 3.63) is 0 Å². The molecule has 7 nitrogen and oxygen atoms in total. The predicted molar refractivity (Wildman–Crippen MR) is 99.5 cm³/mol. The van der Waals surface area contributed by atoms with Gasteiger partial charge in [0.2, 0.25) is 5.91 Å². The molecule has 1 aliphatic heterocycles. The van der Waals surface area contributed by atoms with Gasteiger partial charge in [0, 0.05) is 52.4 Å². The fourth-order valence-corrected chi connectivity index (χ4v) is 2.82. The second-order valence-corrected chi connectivity index (χ2v) is 7.47. The molecular formula is C13H27IN4O3S. The van der Waals surface area contributed by atoms with Crippen molar-refractivity contribution in [1.29, 1.82) is 0 Å². The first-order chi connectivity index (χ1) is 9.83. The topological polar surface area (TPSA) is 82.1 Å². The van der Waals surface area contributed by atoms with Gasteiger partial charge in [0.25, 0.3) is 0 Å². The SMILES string of the molecule is CCNC(=NCCCS(C)(=O)=O)N1CCN(C(C)=O)CC1.I. The Labute approximate surface area is 150 Å². The highest BCUT2D eigenvalue weighted by Gasteiger charge is 2.20. The lowest BCUT2D eigenvalue weighted by molar-refractivity contribution is -0.130. The second-order valence-electron chi connectivity index (χ2n) is 5.21. The lowest BCUT2D eigenvalue weighted by Gasteiger charge is -2.36. The van der Waals surface area contributed by atoms with Crippen molar-refractivity contribution < 1.29 is 13.2 Å². The average Bonchev–Trinajstić information content (AvgIpc) is 2.41. The lowest BCUT2D eigenvalue weighted by Crippen LogP contribution is -2.53. The lowest BCUT2D eigenvalue weighted by atomic mass is 10.3. The van der Waals surface area contributed by atoms with E-state index in [0.29, 0.717) is 26.1 Å². The zero-order valence-corrected chi connectivity index (χ0v) is 16.7. The molecule has 1 amide bonds. The Morgan fingerprint density at radius 3 is 2.18 bits per heavy atom. The smallest absolute Gasteiger partial charge is 0.219 e. The van der Waals surface area contributed by atoms with Crippen LogP contribution in [0, 0.1) is 0 Å². The van der Waals surface area contributed by atoms with Gasteiger partial charge in [-0.1, -0.05) is 0 Å². The molecule has 0 radical (unpaired) electrons. The standard InChI is InChI=1S/C13H26N4O3S.HI/c1-4-14-13(15-6-5-11-21(3,19)20)17-9-7-16(8-10-17)12(2)18;/h4-11H2,1-3H3,(H,14,15);1H. The molecule has 1 fully saturated rings. The van der Waals surface area contributed by atoms with E-state index in [2.05, 4.69) is 15.2 Å². The second kappa shape index (κ2) is 10.2. The van der Waals surface area contributed by atoms with E-state index in [4.69, 9.17) is 0 Å². The number of aliphatic imine (C=N–C) groups is 1. The number of hydrogen-bond donors (Lipinski definition) is 1. The highest BCUT2D eigenvalue weighted by Crippen LogP contribution is 2.03. The first kappa shape index (κ1) is 21.4. The Balaban J connectivity index is 0.00000441. The maximum Gasteiger partial charge on any atom is 0.219 e. The Kier molecular flexibility index (Phi) is 9.97. The number of halogens is 1.